The molecule has 25 heavy (non-hydrogen) atoms. The molecule has 1 aliphatic rings. The van der Waals surface area contributed by atoms with Crippen LogP contribution in [-0.2, 0) is 18.6 Å². The molecule has 1 saturated heterocycles. The Morgan fingerprint density at radius 2 is 2.28 bits per heavy atom. The molecular weight excluding hydrogens is 357 g/mol. The van der Waals surface area contributed by atoms with Gasteiger partial charge < -0.3 is 14.7 Å². The summed E-state index contributed by atoms with van der Waals surface area (Å²) in [5.41, 5.74) is -1.14. The second-order valence-electron chi connectivity index (χ2n) is 5.88. The molecule has 4 N–H and O–H groups in total. The number of hydrogen-bond acceptors (Lipinski definition) is 6. The lowest BCUT2D eigenvalue weighted by Gasteiger charge is -2.19. The lowest BCUT2D eigenvalue weighted by Crippen LogP contribution is -2.33. The van der Waals surface area contributed by atoms with E-state index in [0.717, 1.165) is 0 Å². The first-order valence-corrected chi connectivity index (χ1v) is 9.11. The minimum atomic E-state index is -4.31. The van der Waals surface area contributed by atoms with Gasteiger partial charge in [0.2, 0.25) is 0 Å². The van der Waals surface area contributed by atoms with Crippen molar-refractivity contribution in [1.29, 1.82) is 0 Å². The maximum atomic E-state index is 11.8. The average molecular weight is 377 g/mol. The van der Waals surface area contributed by atoms with Crippen LogP contribution in [0.4, 0.5) is 0 Å². The average Bonchev–Trinajstić information content (AvgIpc) is 2.86. The highest BCUT2D eigenvalue weighted by Gasteiger charge is 2.36. The summed E-state index contributed by atoms with van der Waals surface area (Å²) < 4.78 is 23.6. The van der Waals surface area contributed by atoms with E-state index in [1.807, 2.05) is 12.0 Å². The number of rotatable bonds is 7. The Morgan fingerprint density at radius 1 is 1.60 bits per heavy atom. The van der Waals surface area contributed by atoms with Crippen LogP contribution in [0.15, 0.2) is 21.9 Å². The number of ether oxygens (including phenoxy) is 1. The van der Waals surface area contributed by atoms with Crippen molar-refractivity contribution in [3.8, 4) is 0 Å². The molecule has 4 unspecified atom stereocenters. The van der Waals surface area contributed by atoms with Crippen LogP contribution in [0.1, 0.15) is 26.5 Å². The molecule has 0 aromatic carbocycles. The van der Waals surface area contributed by atoms with E-state index in [1.54, 1.807) is 0 Å². The van der Waals surface area contributed by atoms with Crippen LogP contribution in [0.5, 0.6) is 0 Å². The molecule has 0 amide bonds. The normalized spacial score (nSPS) is 26.9. The van der Waals surface area contributed by atoms with E-state index in [0.29, 0.717) is 6.42 Å². The Bertz CT molecular complexity index is 790. The number of H-pyrrole nitrogens is 1. The highest BCUT2D eigenvalue weighted by atomic mass is 31.2. The van der Waals surface area contributed by atoms with Crippen LogP contribution in [0.25, 0.3) is 0 Å². The molecule has 1 aliphatic heterocycles. The molecule has 0 radical (unpaired) electrons. The number of nitrogens with zero attached hydrogens (tertiary/aromatic N) is 1. The second kappa shape index (κ2) is 7.63. The van der Waals surface area contributed by atoms with Gasteiger partial charge in [0, 0.05) is 18.2 Å². The zero-order valence-corrected chi connectivity index (χ0v) is 14.5. The summed E-state index contributed by atoms with van der Waals surface area (Å²) in [6, 6.07) is -0.0628. The van der Waals surface area contributed by atoms with Gasteiger partial charge in [-0.1, -0.05) is 6.92 Å². The quantitative estimate of drug-likeness (QED) is 0.465. The molecular formula is C13H20N3O8P. The van der Waals surface area contributed by atoms with Crippen molar-refractivity contribution in [2.24, 2.45) is 5.92 Å². The highest BCUT2D eigenvalue weighted by molar-refractivity contribution is 7.50. The van der Waals surface area contributed by atoms with Gasteiger partial charge in [0.15, 0.2) is 0 Å². The first-order valence-electron chi connectivity index (χ1n) is 7.54. The second-order valence-corrected chi connectivity index (χ2v) is 7.44. The summed E-state index contributed by atoms with van der Waals surface area (Å²) in [5, 5.41) is 10.7. The fraction of sp³-hybridized carbons (Fsp3) is 0.615. The van der Waals surface area contributed by atoms with Gasteiger partial charge in [0.1, 0.15) is 12.3 Å². The molecule has 1 fully saturated rings. The fourth-order valence-electron chi connectivity index (χ4n) is 2.51. The van der Waals surface area contributed by atoms with Crippen LogP contribution in [-0.4, -0.2) is 44.3 Å². The highest BCUT2D eigenvalue weighted by Crippen LogP contribution is 2.40. The zero-order chi connectivity index (χ0) is 18.8. The molecule has 0 saturated carbocycles. The number of nitrogens with one attached hydrogen (secondary N) is 2. The minimum absolute atomic E-state index is 0.110. The van der Waals surface area contributed by atoms with Crippen molar-refractivity contribution >= 4 is 13.7 Å². The maximum Gasteiger partial charge on any atom is 0.403 e. The number of carboxylic acid groups (broad SMARTS) is 1. The predicted octanol–water partition coefficient (Wildman–Crippen LogP) is -0.360. The lowest BCUT2D eigenvalue weighted by atomic mass is 10.1. The molecule has 140 valence electrons. The molecule has 0 bridgehead atoms. The van der Waals surface area contributed by atoms with E-state index in [4.69, 9.17) is 14.4 Å². The van der Waals surface area contributed by atoms with E-state index >= 15 is 0 Å². The molecule has 2 rings (SSSR count). The van der Waals surface area contributed by atoms with Gasteiger partial charge in [0.05, 0.1) is 12.7 Å². The summed E-state index contributed by atoms with van der Waals surface area (Å²) in [6.45, 7) is 2.78. The fourth-order valence-corrected chi connectivity index (χ4v) is 3.56. The summed E-state index contributed by atoms with van der Waals surface area (Å²) >= 11 is 0. The number of carboxylic acids is 1. The van der Waals surface area contributed by atoms with Gasteiger partial charge in [-0.15, -0.1) is 0 Å². The van der Waals surface area contributed by atoms with E-state index in [9.17, 15) is 23.8 Å². The molecule has 0 spiro atoms. The van der Waals surface area contributed by atoms with Gasteiger partial charge >= 0.3 is 19.4 Å². The van der Waals surface area contributed by atoms with Crippen LogP contribution < -0.4 is 16.3 Å². The van der Waals surface area contributed by atoms with E-state index in [-0.39, 0.29) is 12.5 Å². The van der Waals surface area contributed by atoms with Crippen molar-refractivity contribution in [3.05, 3.63) is 33.1 Å². The Morgan fingerprint density at radius 3 is 2.88 bits per heavy atom. The summed E-state index contributed by atoms with van der Waals surface area (Å²) in [4.78, 5) is 45.4. The van der Waals surface area contributed by atoms with Crippen LogP contribution in [0.3, 0.4) is 0 Å². The third-order valence-corrected chi connectivity index (χ3v) is 4.95. The molecule has 12 heteroatoms. The van der Waals surface area contributed by atoms with Crippen molar-refractivity contribution in [1.82, 2.24) is 14.6 Å². The summed E-state index contributed by atoms with van der Waals surface area (Å²) in [5.74, 6) is -1.40. The molecule has 2 heterocycles. The van der Waals surface area contributed by atoms with E-state index in [1.165, 1.54) is 23.8 Å². The van der Waals surface area contributed by atoms with Crippen LogP contribution >= 0.6 is 7.75 Å². The standard InChI is InChI=1S/C13H20N3O8P/c1-7-5-9(6-23-25(21,22)15-8(2)12(18)19)24-11(7)16-4-3-10(17)14-13(16)20/h3-4,7-9,11H,5-6H2,1-2H3,(H,18,19)(H,14,17,20)(H2,15,21,22)/t7?,8-,9?,11?/m0/s1. The monoisotopic (exact) mass is 377 g/mol. The van der Waals surface area contributed by atoms with E-state index < -0.39 is 43.3 Å². The molecule has 1 aromatic rings. The first kappa shape index (κ1) is 19.5. The molecule has 0 aliphatic carbocycles. The maximum absolute atomic E-state index is 11.8. The van der Waals surface area contributed by atoms with Gasteiger partial charge in [-0.25, -0.2) is 14.4 Å². The zero-order valence-electron chi connectivity index (χ0n) is 13.6. The number of hydrogen-bond donors (Lipinski definition) is 4. The van der Waals surface area contributed by atoms with Crippen LogP contribution in [0.2, 0.25) is 0 Å². The van der Waals surface area contributed by atoms with Crippen molar-refractivity contribution in [2.75, 3.05) is 6.61 Å². The smallest absolute Gasteiger partial charge is 0.403 e. The minimum Gasteiger partial charge on any atom is -0.480 e. The van der Waals surface area contributed by atoms with Crippen molar-refractivity contribution in [2.45, 2.75) is 38.6 Å². The van der Waals surface area contributed by atoms with Crippen molar-refractivity contribution in [3.63, 3.8) is 0 Å². The number of carbonyl (C=O) groups is 1. The number of aromatic nitrogens is 2. The molecule has 5 atom stereocenters. The SMILES string of the molecule is CC1CC(COP(=O)(O)N[C@@H](C)C(=O)O)OC1n1ccc(=O)[nH]c1=O. The topological polar surface area (TPSA) is 160 Å². The van der Waals surface area contributed by atoms with Gasteiger partial charge in [-0.2, -0.15) is 0 Å². The number of aromatic amines is 1. The Hall–Kier alpha value is -1.78. The van der Waals surface area contributed by atoms with Gasteiger partial charge in [-0.3, -0.25) is 23.7 Å². The third-order valence-electron chi connectivity index (χ3n) is 3.74. The van der Waals surface area contributed by atoms with Gasteiger partial charge in [0.25, 0.3) is 5.56 Å². The van der Waals surface area contributed by atoms with E-state index in [2.05, 4.69) is 4.98 Å². The predicted molar refractivity (Wildman–Crippen MR) is 85.0 cm³/mol. The van der Waals surface area contributed by atoms with Crippen LogP contribution in [0, 0.1) is 5.92 Å². The Balaban J connectivity index is 1.97. The Kier molecular flexibility index (Phi) is 5.96. The Labute approximate surface area is 142 Å². The molecule has 1 aromatic heterocycles. The van der Waals surface area contributed by atoms with Crippen molar-refractivity contribution < 1.29 is 28.6 Å². The first-order chi connectivity index (χ1) is 11.6. The summed E-state index contributed by atoms with van der Waals surface area (Å²) in [7, 11) is -4.31. The summed E-state index contributed by atoms with van der Waals surface area (Å²) in [6.07, 6.45) is 0.548. The lowest BCUT2D eigenvalue weighted by molar-refractivity contribution is -0.138. The third kappa shape index (κ3) is 5.10. The number of aliphatic carboxylic acids is 1. The largest absolute Gasteiger partial charge is 0.480 e. The molecule has 11 nitrogen and oxygen atoms in total. The van der Waals surface area contributed by atoms with Gasteiger partial charge in [-0.05, 0) is 13.3 Å².